The smallest absolute Gasteiger partial charge is 0.149 e. The quantitative estimate of drug-likeness (QED) is 0.739. The van der Waals surface area contributed by atoms with Gasteiger partial charge in [-0.25, -0.2) is 9.07 Å². The Labute approximate surface area is 139 Å². The minimum atomic E-state index is -0.241. The monoisotopic (exact) mass is 326 g/mol. The van der Waals surface area contributed by atoms with Crippen LogP contribution < -0.4 is 0 Å². The first-order valence-electron chi connectivity index (χ1n) is 8.09. The first-order valence-corrected chi connectivity index (χ1v) is 8.09. The van der Waals surface area contributed by atoms with Gasteiger partial charge in [0.15, 0.2) is 0 Å². The molecule has 4 rings (SSSR count). The molecule has 1 atom stereocenters. The molecule has 0 aliphatic carbocycles. The lowest BCUT2D eigenvalue weighted by atomic mass is 10.2. The molecule has 0 radical (unpaired) electrons. The standard InChI is InChI=1S/C17H19FN6/c1-22-12-19-20-17(22)16-3-2-9-23(16)11-14-8-10-24(21-14)15-6-4-13(18)5-7-15/h4-8,10,12,16H,2-3,9,11H2,1H3. The second-order valence-corrected chi connectivity index (χ2v) is 6.16. The number of hydrogen-bond acceptors (Lipinski definition) is 4. The van der Waals surface area contributed by atoms with Crippen LogP contribution in [0.25, 0.3) is 5.69 Å². The van der Waals surface area contributed by atoms with E-state index in [4.69, 9.17) is 0 Å². The second-order valence-electron chi connectivity index (χ2n) is 6.16. The van der Waals surface area contributed by atoms with Gasteiger partial charge in [-0.1, -0.05) is 0 Å². The Bertz CT molecular complexity index is 822. The molecule has 0 N–H and O–H groups in total. The molecule has 1 aliphatic rings. The Balaban J connectivity index is 1.51. The van der Waals surface area contributed by atoms with Crippen LogP contribution in [0, 0.1) is 5.82 Å². The number of hydrogen-bond donors (Lipinski definition) is 0. The summed E-state index contributed by atoms with van der Waals surface area (Å²) in [6.07, 6.45) is 5.90. The van der Waals surface area contributed by atoms with Crippen molar-refractivity contribution < 1.29 is 4.39 Å². The molecule has 1 saturated heterocycles. The molecule has 0 saturated carbocycles. The van der Waals surface area contributed by atoms with Crippen molar-refractivity contribution in [2.24, 2.45) is 7.05 Å². The average molecular weight is 326 g/mol. The van der Waals surface area contributed by atoms with Crippen LogP contribution >= 0.6 is 0 Å². The van der Waals surface area contributed by atoms with Gasteiger partial charge < -0.3 is 4.57 Å². The number of aromatic nitrogens is 5. The SMILES string of the molecule is Cn1cnnc1C1CCCN1Cc1ccn(-c2ccc(F)cc2)n1. The first kappa shape index (κ1) is 15.0. The number of benzene rings is 1. The molecule has 124 valence electrons. The highest BCUT2D eigenvalue weighted by Crippen LogP contribution is 2.31. The maximum Gasteiger partial charge on any atom is 0.149 e. The molecule has 3 heterocycles. The number of halogens is 1. The summed E-state index contributed by atoms with van der Waals surface area (Å²) in [7, 11) is 1.98. The molecule has 7 heteroatoms. The van der Waals surface area contributed by atoms with Gasteiger partial charge in [0.05, 0.1) is 17.4 Å². The van der Waals surface area contributed by atoms with Crippen LogP contribution in [-0.2, 0) is 13.6 Å². The van der Waals surface area contributed by atoms with E-state index in [2.05, 4.69) is 20.2 Å². The van der Waals surface area contributed by atoms with Gasteiger partial charge in [0.25, 0.3) is 0 Å². The molecule has 6 nitrogen and oxygen atoms in total. The summed E-state index contributed by atoms with van der Waals surface area (Å²) in [5.74, 6) is 0.764. The van der Waals surface area contributed by atoms with Gasteiger partial charge in [-0.15, -0.1) is 10.2 Å². The van der Waals surface area contributed by atoms with Crippen molar-refractivity contribution in [3.63, 3.8) is 0 Å². The predicted molar refractivity (Wildman–Crippen MR) is 86.9 cm³/mol. The van der Waals surface area contributed by atoms with Gasteiger partial charge in [0, 0.05) is 19.8 Å². The van der Waals surface area contributed by atoms with Crippen molar-refractivity contribution in [2.75, 3.05) is 6.54 Å². The van der Waals surface area contributed by atoms with E-state index in [0.29, 0.717) is 0 Å². The van der Waals surface area contributed by atoms with Gasteiger partial charge in [0.1, 0.15) is 18.0 Å². The van der Waals surface area contributed by atoms with Gasteiger partial charge in [-0.3, -0.25) is 4.90 Å². The largest absolute Gasteiger partial charge is 0.319 e. The maximum absolute atomic E-state index is 13.0. The average Bonchev–Trinajstić information content (AvgIpc) is 3.30. The minimum Gasteiger partial charge on any atom is -0.319 e. The van der Waals surface area contributed by atoms with E-state index in [1.807, 2.05) is 23.9 Å². The lowest BCUT2D eigenvalue weighted by Crippen LogP contribution is -2.25. The fourth-order valence-electron chi connectivity index (χ4n) is 3.29. The van der Waals surface area contributed by atoms with Crippen LogP contribution in [0.4, 0.5) is 4.39 Å². The Morgan fingerprint density at radius 1 is 1.21 bits per heavy atom. The molecule has 1 unspecified atom stereocenters. The van der Waals surface area contributed by atoms with Crippen molar-refractivity contribution in [2.45, 2.75) is 25.4 Å². The van der Waals surface area contributed by atoms with E-state index in [1.54, 1.807) is 23.1 Å². The third-order valence-corrected chi connectivity index (χ3v) is 4.51. The van der Waals surface area contributed by atoms with E-state index in [1.165, 1.54) is 12.1 Å². The van der Waals surface area contributed by atoms with Crippen LogP contribution in [0.5, 0.6) is 0 Å². The van der Waals surface area contributed by atoms with E-state index in [-0.39, 0.29) is 11.9 Å². The van der Waals surface area contributed by atoms with Crippen LogP contribution in [0.2, 0.25) is 0 Å². The van der Waals surface area contributed by atoms with Crippen molar-refractivity contribution in [1.29, 1.82) is 0 Å². The fraction of sp³-hybridized carbons (Fsp3) is 0.353. The molecule has 1 fully saturated rings. The third kappa shape index (κ3) is 2.82. The summed E-state index contributed by atoms with van der Waals surface area (Å²) in [5, 5.41) is 12.9. The zero-order chi connectivity index (χ0) is 16.5. The summed E-state index contributed by atoms with van der Waals surface area (Å²) < 4.78 is 16.8. The zero-order valence-electron chi connectivity index (χ0n) is 13.5. The van der Waals surface area contributed by atoms with Crippen molar-refractivity contribution in [1.82, 2.24) is 29.4 Å². The molecule has 0 bridgehead atoms. The number of nitrogens with zero attached hydrogens (tertiary/aromatic N) is 6. The molecule has 1 aromatic carbocycles. The van der Waals surface area contributed by atoms with Gasteiger partial charge >= 0.3 is 0 Å². The lowest BCUT2D eigenvalue weighted by molar-refractivity contribution is 0.233. The first-order chi connectivity index (χ1) is 11.7. The lowest BCUT2D eigenvalue weighted by Gasteiger charge is -2.22. The van der Waals surface area contributed by atoms with E-state index in [0.717, 1.165) is 43.1 Å². The molecule has 3 aromatic rings. The topological polar surface area (TPSA) is 51.8 Å². The molecular formula is C17H19FN6. The summed E-state index contributed by atoms with van der Waals surface area (Å²) in [6, 6.07) is 8.64. The van der Waals surface area contributed by atoms with Crippen molar-refractivity contribution >= 4 is 0 Å². The summed E-state index contributed by atoms with van der Waals surface area (Å²) >= 11 is 0. The number of rotatable bonds is 4. The van der Waals surface area contributed by atoms with Crippen LogP contribution in [0.3, 0.4) is 0 Å². The highest BCUT2D eigenvalue weighted by Gasteiger charge is 2.29. The molecule has 1 aliphatic heterocycles. The van der Waals surface area contributed by atoms with E-state index < -0.39 is 0 Å². The van der Waals surface area contributed by atoms with Crippen molar-refractivity contribution in [3.05, 3.63) is 60.2 Å². The Morgan fingerprint density at radius 2 is 2.04 bits per heavy atom. The Kier molecular flexibility index (Phi) is 3.86. The second kappa shape index (κ2) is 6.16. The fourth-order valence-corrected chi connectivity index (χ4v) is 3.29. The van der Waals surface area contributed by atoms with E-state index >= 15 is 0 Å². The van der Waals surface area contributed by atoms with E-state index in [9.17, 15) is 4.39 Å². The summed E-state index contributed by atoms with van der Waals surface area (Å²) in [6.45, 7) is 1.80. The van der Waals surface area contributed by atoms with Crippen molar-refractivity contribution in [3.8, 4) is 5.69 Å². The third-order valence-electron chi connectivity index (χ3n) is 4.51. The highest BCUT2D eigenvalue weighted by atomic mass is 19.1. The van der Waals surface area contributed by atoms with Gasteiger partial charge in [-0.2, -0.15) is 5.10 Å². The summed E-state index contributed by atoms with van der Waals surface area (Å²) in [5.41, 5.74) is 1.85. The van der Waals surface area contributed by atoms with Crippen LogP contribution in [0.15, 0.2) is 42.9 Å². The van der Waals surface area contributed by atoms with Crippen LogP contribution in [-0.4, -0.2) is 36.0 Å². The maximum atomic E-state index is 13.0. The highest BCUT2D eigenvalue weighted by molar-refractivity contribution is 5.31. The summed E-state index contributed by atoms with van der Waals surface area (Å²) in [4.78, 5) is 2.39. The van der Waals surface area contributed by atoms with Crippen LogP contribution in [0.1, 0.15) is 30.4 Å². The number of likely N-dealkylation sites (tertiary alicyclic amines) is 1. The molecule has 0 amide bonds. The molecule has 24 heavy (non-hydrogen) atoms. The molecular weight excluding hydrogens is 307 g/mol. The minimum absolute atomic E-state index is 0.241. The number of aryl methyl sites for hydroxylation is 1. The Morgan fingerprint density at radius 3 is 2.79 bits per heavy atom. The molecule has 0 spiro atoms. The predicted octanol–water partition coefficient (Wildman–Crippen LogP) is 2.48. The Hall–Kier alpha value is -2.54. The van der Waals surface area contributed by atoms with Gasteiger partial charge in [-0.05, 0) is 49.7 Å². The zero-order valence-corrected chi connectivity index (χ0v) is 13.5. The van der Waals surface area contributed by atoms with Gasteiger partial charge in [0.2, 0.25) is 0 Å². The molecule has 2 aromatic heterocycles. The normalized spacial score (nSPS) is 18.3.